The number of hydrogen-bond acceptors (Lipinski definition) is 4. The summed E-state index contributed by atoms with van der Waals surface area (Å²) in [5.74, 6) is 0. The number of carbonyl (C=O) groups is 1. The molecule has 0 amide bonds. The molecule has 1 aliphatic carbocycles. The molecule has 0 bridgehead atoms. The van der Waals surface area contributed by atoms with Crippen LogP contribution in [0.4, 0.5) is 4.39 Å². The van der Waals surface area contributed by atoms with E-state index in [0.717, 1.165) is 57.9 Å². The average molecular weight is 573 g/mol. The van der Waals surface area contributed by atoms with Gasteiger partial charge in [-0.15, -0.1) is 13.2 Å². The third-order valence-corrected chi connectivity index (χ3v) is 8.64. The lowest BCUT2D eigenvalue weighted by atomic mass is 9.88. The average Bonchev–Trinajstić information content (AvgIpc) is 3.32. The van der Waals surface area contributed by atoms with Crippen molar-refractivity contribution in [1.82, 2.24) is 20.1 Å². The monoisotopic (exact) mass is 572 g/mol. The van der Waals surface area contributed by atoms with Gasteiger partial charge in [0.05, 0.1) is 28.3 Å². The first kappa shape index (κ1) is 34.1. The van der Waals surface area contributed by atoms with Gasteiger partial charge in [-0.2, -0.15) is 0 Å². The molecule has 6 heteroatoms. The van der Waals surface area contributed by atoms with E-state index in [2.05, 4.69) is 86.8 Å². The zero-order valence-corrected chi connectivity index (χ0v) is 26.9. The lowest BCUT2D eigenvalue weighted by Crippen LogP contribution is -2.35. The molecule has 0 spiro atoms. The van der Waals surface area contributed by atoms with Crippen molar-refractivity contribution in [2.75, 3.05) is 21.1 Å². The number of fused-ring (bicyclic) bond motifs is 1. The van der Waals surface area contributed by atoms with Crippen LogP contribution in [0, 0.1) is 13.8 Å². The number of alkyl halides is 1. The third-order valence-electron chi connectivity index (χ3n) is 8.64. The first-order valence-electron chi connectivity index (χ1n) is 14.3. The minimum Gasteiger partial charge on any atom is -0.394 e. The lowest BCUT2D eigenvalue weighted by Gasteiger charge is -2.31. The summed E-state index contributed by atoms with van der Waals surface area (Å²) in [7, 11) is 5.91. The molecule has 0 saturated heterocycles. The van der Waals surface area contributed by atoms with Crippen molar-refractivity contribution in [1.29, 1.82) is 0 Å². The van der Waals surface area contributed by atoms with Crippen molar-refractivity contribution in [2.45, 2.75) is 65.1 Å². The van der Waals surface area contributed by atoms with Crippen LogP contribution in [0.3, 0.4) is 0 Å². The van der Waals surface area contributed by atoms with Crippen LogP contribution in [-0.4, -0.2) is 48.3 Å². The maximum absolute atomic E-state index is 16.4. The summed E-state index contributed by atoms with van der Waals surface area (Å²) in [4.78, 5) is 15.7. The summed E-state index contributed by atoms with van der Waals surface area (Å²) in [6.07, 6.45) is 8.87. The van der Waals surface area contributed by atoms with E-state index < -0.39 is 11.2 Å². The number of likely N-dealkylation sites (N-methyl/N-ethyl adjacent to an activating group) is 1. The molecule has 226 valence electrons. The Morgan fingerprint density at radius 1 is 1.21 bits per heavy atom. The molecule has 4 rings (SSSR count). The second-order valence-corrected chi connectivity index (χ2v) is 11.0. The standard InChI is InChI=1S/C33H43FN4.C2H4.CH2O/c1-11-13-25(18-35-8)27(12-2)29-19-37(9)24(6)31-28(29)17-30(36-31)23(5)38(10)32(7)20-33(32,34)26-15-14-21(3)22(4)16-26;2*1-2/h12,14-19,35-36H,5-6,11,13,20H2,1-4,7-10H3;1-2H2;1H2/b25-18-,27-12+;;. The summed E-state index contributed by atoms with van der Waals surface area (Å²) in [6.45, 7) is 27.1. The fourth-order valence-electron chi connectivity index (χ4n) is 5.72. The van der Waals surface area contributed by atoms with Gasteiger partial charge < -0.3 is 24.9 Å². The summed E-state index contributed by atoms with van der Waals surface area (Å²) in [6, 6.07) is 8.08. The number of H-pyrrole nitrogens is 1. The summed E-state index contributed by atoms with van der Waals surface area (Å²) >= 11 is 0. The van der Waals surface area contributed by atoms with Crippen molar-refractivity contribution in [2.24, 2.45) is 0 Å². The molecule has 2 aromatic rings. The van der Waals surface area contributed by atoms with Gasteiger partial charge in [0.1, 0.15) is 6.79 Å². The van der Waals surface area contributed by atoms with Crippen LogP contribution in [0.5, 0.6) is 0 Å². The summed E-state index contributed by atoms with van der Waals surface area (Å²) < 4.78 is 16.4. The number of allylic oxidation sites excluding steroid dienone is 4. The molecule has 1 saturated carbocycles. The highest BCUT2D eigenvalue weighted by Gasteiger charge is 2.69. The molecule has 42 heavy (non-hydrogen) atoms. The van der Waals surface area contributed by atoms with Crippen LogP contribution < -0.4 is 5.32 Å². The number of aryl methyl sites for hydroxylation is 2. The van der Waals surface area contributed by atoms with Gasteiger partial charge in [0.2, 0.25) is 0 Å². The maximum atomic E-state index is 16.4. The number of aromatic nitrogens is 1. The van der Waals surface area contributed by atoms with Crippen molar-refractivity contribution < 1.29 is 9.18 Å². The van der Waals surface area contributed by atoms with E-state index in [4.69, 9.17) is 4.79 Å². The smallest absolute Gasteiger partial charge is 0.161 e. The van der Waals surface area contributed by atoms with E-state index in [0.29, 0.717) is 6.42 Å². The Hall–Kier alpha value is -4.06. The molecule has 1 aliphatic heterocycles. The summed E-state index contributed by atoms with van der Waals surface area (Å²) in [5.41, 5.74) is 9.11. The Bertz CT molecular complexity index is 1410. The van der Waals surface area contributed by atoms with Gasteiger partial charge in [-0.05, 0) is 68.0 Å². The quantitative estimate of drug-likeness (QED) is 0.234. The predicted molar refractivity (Wildman–Crippen MR) is 178 cm³/mol. The van der Waals surface area contributed by atoms with Crippen LogP contribution in [0.15, 0.2) is 80.2 Å². The number of nitrogens with zero attached hydrogens (tertiary/aromatic N) is 2. The Labute approximate surface area is 252 Å². The topological polar surface area (TPSA) is 51.4 Å². The SMILES string of the molecule is C=C.C=C1c2[nH]c(C(=C)N(C)C3(C)CC3(F)c3ccc(C)c(C)c3)cc2C(C(=C/C)/C(=C\NC)CCC)=CN1C.C=O. The zero-order chi connectivity index (χ0) is 32.0. The van der Waals surface area contributed by atoms with Crippen molar-refractivity contribution in [3.05, 3.63) is 114 Å². The van der Waals surface area contributed by atoms with Crippen LogP contribution in [0.2, 0.25) is 0 Å². The Balaban J connectivity index is 0.00000148. The predicted octanol–water partition coefficient (Wildman–Crippen LogP) is 8.29. The van der Waals surface area contributed by atoms with Crippen LogP contribution in [0.1, 0.15) is 73.7 Å². The molecule has 2 atom stereocenters. The first-order valence-corrected chi connectivity index (χ1v) is 14.3. The van der Waals surface area contributed by atoms with E-state index in [1.807, 2.05) is 64.9 Å². The molecule has 1 fully saturated rings. The van der Waals surface area contributed by atoms with Gasteiger partial charge in [0.15, 0.2) is 5.67 Å². The van der Waals surface area contributed by atoms with E-state index in [-0.39, 0.29) is 0 Å². The molecule has 1 aromatic carbocycles. The van der Waals surface area contributed by atoms with Crippen molar-refractivity contribution in [3.63, 3.8) is 0 Å². The van der Waals surface area contributed by atoms with Crippen LogP contribution in [0.25, 0.3) is 17.0 Å². The number of carbonyl (C=O) groups excluding carboxylic acids is 1. The molecule has 2 unspecified atom stereocenters. The van der Waals surface area contributed by atoms with Crippen LogP contribution >= 0.6 is 0 Å². The minimum absolute atomic E-state index is 0.428. The fraction of sp³-hybridized carbons (Fsp3) is 0.361. The number of nitrogens with one attached hydrogen (secondary N) is 2. The van der Waals surface area contributed by atoms with Crippen molar-refractivity contribution in [3.8, 4) is 0 Å². The van der Waals surface area contributed by atoms with E-state index >= 15 is 4.39 Å². The molecular weight excluding hydrogens is 523 g/mol. The van der Waals surface area contributed by atoms with Gasteiger partial charge in [-0.1, -0.05) is 50.8 Å². The Morgan fingerprint density at radius 3 is 2.40 bits per heavy atom. The highest BCUT2D eigenvalue weighted by atomic mass is 19.1. The van der Waals surface area contributed by atoms with Crippen LogP contribution in [-0.2, 0) is 10.5 Å². The number of hydrogen-bond donors (Lipinski definition) is 2. The second kappa shape index (κ2) is 13.7. The number of aromatic amines is 1. The van der Waals surface area contributed by atoms with Gasteiger partial charge in [-0.25, -0.2) is 4.39 Å². The minimum atomic E-state index is -1.42. The van der Waals surface area contributed by atoms with Gasteiger partial charge >= 0.3 is 0 Å². The largest absolute Gasteiger partial charge is 0.394 e. The van der Waals surface area contributed by atoms with Crippen molar-refractivity contribution >= 4 is 23.8 Å². The number of rotatable bonds is 9. The molecule has 2 aliphatic rings. The molecular formula is C36H49FN4O. The molecule has 1 aromatic heterocycles. The lowest BCUT2D eigenvalue weighted by molar-refractivity contribution is -0.0980. The Morgan fingerprint density at radius 2 is 1.86 bits per heavy atom. The second-order valence-electron chi connectivity index (χ2n) is 11.0. The van der Waals surface area contributed by atoms with Gasteiger partial charge in [-0.3, -0.25) is 0 Å². The maximum Gasteiger partial charge on any atom is 0.161 e. The summed E-state index contributed by atoms with van der Waals surface area (Å²) in [5, 5.41) is 3.21. The molecule has 0 radical (unpaired) electrons. The van der Waals surface area contributed by atoms with Gasteiger partial charge in [0.25, 0.3) is 0 Å². The molecule has 2 heterocycles. The first-order chi connectivity index (χ1) is 19.9. The number of benzene rings is 1. The van der Waals surface area contributed by atoms with E-state index in [9.17, 15) is 0 Å². The Kier molecular flexibility index (Phi) is 11.2. The fourth-order valence-corrected chi connectivity index (χ4v) is 5.72. The third kappa shape index (κ3) is 5.94. The number of halogens is 1. The van der Waals surface area contributed by atoms with E-state index in [1.54, 1.807) is 0 Å². The van der Waals surface area contributed by atoms with Gasteiger partial charge in [0, 0.05) is 51.1 Å². The van der Waals surface area contributed by atoms with E-state index in [1.165, 1.54) is 16.7 Å². The highest BCUT2D eigenvalue weighted by Crippen LogP contribution is 2.63. The zero-order valence-electron chi connectivity index (χ0n) is 26.9. The highest BCUT2D eigenvalue weighted by molar-refractivity contribution is 5.92. The normalized spacial score (nSPS) is 21.2. The molecule has 2 N–H and O–H groups in total. The molecule has 5 nitrogen and oxygen atoms in total.